The van der Waals surface area contributed by atoms with E-state index in [0.717, 1.165) is 9.88 Å². The SMILES string of the molecule is COCc1ncc(CN2C(=O)c3ccccc3C2=O)s1. The second-order valence-electron chi connectivity index (χ2n) is 4.40. The number of imide groups is 1. The summed E-state index contributed by atoms with van der Waals surface area (Å²) in [5.74, 6) is -0.486. The molecular weight excluding hydrogens is 276 g/mol. The number of rotatable bonds is 4. The first-order valence-corrected chi connectivity index (χ1v) is 6.90. The Morgan fingerprint density at radius 1 is 1.20 bits per heavy atom. The van der Waals surface area contributed by atoms with Crippen molar-refractivity contribution in [1.29, 1.82) is 0 Å². The van der Waals surface area contributed by atoms with E-state index in [-0.39, 0.29) is 18.4 Å². The molecule has 3 rings (SSSR count). The largest absolute Gasteiger partial charge is 0.378 e. The van der Waals surface area contributed by atoms with Crippen LogP contribution in [0.25, 0.3) is 0 Å². The number of carbonyl (C=O) groups excluding carboxylic acids is 2. The number of ether oxygens (including phenoxy) is 1. The molecule has 0 unspecified atom stereocenters. The van der Waals surface area contributed by atoms with Gasteiger partial charge in [-0.3, -0.25) is 14.5 Å². The fourth-order valence-corrected chi connectivity index (χ4v) is 3.03. The highest BCUT2D eigenvalue weighted by molar-refractivity contribution is 7.11. The summed E-state index contributed by atoms with van der Waals surface area (Å²) in [6, 6.07) is 6.88. The fourth-order valence-electron chi connectivity index (χ4n) is 2.15. The van der Waals surface area contributed by atoms with Crippen molar-refractivity contribution in [2.45, 2.75) is 13.2 Å². The Labute approximate surface area is 119 Å². The van der Waals surface area contributed by atoms with E-state index >= 15 is 0 Å². The van der Waals surface area contributed by atoms with Crippen molar-refractivity contribution in [2.75, 3.05) is 7.11 Å². The number of methoxy groups -OCH3 is 1. The van der Waals surface area contributed by atoms with Gasteiger partial charge in [-0.1, -0.05) is 12.1 Å². The normalized spacial score (nSPS) is 13.9. The van der Waals surface area contributed by atoms with Crippen LogP contribution in [0.1, 0.15) is 30.6 Å². The lowest BCUT2D eigenvalue weighted by Gasteiger charge is -2.11. The zero-order chi connectivity index (χ0) is 14.1. The molecule has 0 bridgehead atoms. The topological polar surface area (TPSA) is 59.5 Å². The van der Waals surface area contributed by atoms with Crippen LogP contribution >= 0.6 is 11.3 Å². The van der Waals surface area contributed by atoms with E-state index in [2.05, 4.69) is 4.98 Å². The van der Waals surface area contributed by atoms with Crippen molar-refractivity contribution in [3.63, 3.8) is 0 Å². The summed E-state index contributed by atoms with van der Waals surface area (Å²) in [5.41, 5.74) is 0.943. The molecule has 0 aliphatic carbocycles. The number of benzene rings is 1. The summed E-state index contributed by atoms with van der Waals surface area (Å²) in [6.07, 6.45) is 1.68. The smallest absolute Gasteiger partial charge is 0.261 e. The minimum Gasteiger partial charge on any atom is -0.378 e. The van der Waals surface area contributed by atoms with Crippen molar-refractivity contribution in [2.24, 2.45) is 0 Å². The molecule has 2 amide bonds. The molecule has 20 heavy (non-hydrogen) atoms. The number of nitrogens with zero attached hydrogens (tertiary/aromatic N) is 2. The third-order valence-electron chi connectivity index (χ3n) is 3.06. The lowest BCUT2D eigenvalue weighted by molar-refractivity contribution is 0.0644. The minimum absolute atomic E-state index is 0.243. The predicted molar refractivity (Wildman–Crippen MR) is 73.5 cm³/mol. The third-order valence-corrected chi connectivity index (χ3v) is 4.02. The maximum Gasteiger partial charge on any atom is 0.261 e. The highest BCUT2D eigenvalue weighted by Gasteiger charge is 2.35. The first kappa shape index (κ1) is 13.0. The van der Waals surface area contributed by atoms with Crippen LogP contribution in [-0.2, 0) is 17.9 Å². The third kappa shape index (κ3) is 2.13. The molecule has 6 heteroatoms. The van der Waals surface area contributed by atoms with E-state index < -0.39 is 0 Å². The number of fused-ring (bicyclic) bond motifs is 1. The molecule has 0 atom stereocenters. The molecule has 0 N–H and O–H groups in total. The summed E-state index contributed by atoms with van der Waals surface area (Å²) in [7, 11) is 1.60. The number of hydrogen-bond acceptors (Lipinski definition) is 5. The van der Waals surface area contributed by atoms with Gasteiger partial charge in [0.1, 0.15) is 5.01 Å². The van der Waals surface area contributed by atoms with Crippen molar-refractivity contribution in [1.82, 2.24) is 9.88 Å². The summed E-state index contributed by atoms with van der Waals surface area (Å²) in [5, 5.41) is 0.833. The van der Waals surface area contributed by atoms with Crippen LogP contribution < -0.4 is 0 Å². The van der Waals surface area contributed by atoms with Crippen LogP contribution in [0.3, 0.4) is 0 Å². The van der Waals surface area contributed by atoms with Crippen molar-refractivity contribution >= 4 is 23.2 Å². The monoisotopic (exact) mass is 288 g/mol. The molecule has 102 valence electrons. The van der Waals surface area contributed by atoms with Gasteiger partial charge in [0.25, 0.3) is 11.8 Å². The van der Waals surface area contributed by atoms with Crippen LogP contribution in [0.5, 0.6) is 0 Å². The molecule has 1 aromatic heterocycles. The first-order valence-electron chi connectivity index (χ1n) is 6.08. The van der Waals surface area contributed by atoms with Crippen LogP contribution in [0, 0.1) is 0 Å². The second-order valence-corrected chi connectivity index (χ2v) is 5.60. The van der Waals surface area contributed by atoms with E-state index in [1.54, 1.807) is 37.6 Å². The van der Waals surface area contributed by atoms with E-state index in [1.165, 1.54) is 16.2 Å². The number of amides is 2. The van der Waals surface area contributed by atoms with Crippen LogP contribution in [0.15, 0.2) is 30.5 Å². The van der Waals surface area contributed by atoms with Gasteiger partial charge >= 0.3 is 0 Å². The summed E-state index contributed by atoms with van der Waals surface area (Å²) >= 11 is 1.44. The zero-order valence-corrected chi connectivity index (χ0v) is 11.6. The van der Waals surface area contributed by atoms with Gasteiger partial charge in [-0.2, -0.15) is 0 Å². The lowest BCUT2D eigenvalue weighted by Crippen LogP contribution is -2.28. The van der Waals surface area contributed by atoms with E-state index in [4.69, 9.17) is 4.74 Å². The van der Waals surface area contributed by atoms with Gasteiger partial charge in [-0.05, 0) is 12.1 Å². The number of hydrogen-bond donors (Lipinski definition) is 0. The average molecular weight is 288 g/mol. The maximum absolute atomic E-state index is 12.2. The Hall–Kier alpha value is -2.05. The summed E-state index contributed by atoms with van der Waals surface area (Å²) in [4.78, 5) is 30.7. The molecule has 0 saturated carbocycles. The van der Waals surface area contributed by atoms with E-state index in [0.29, 0.717) is 17.7 Å². The first-order chi connectivity index (χ1) is 9.70. The molecule has 0 saturated heterocycles. The van der Waals surface area contributed by atoms with Gasteiger partial charge in [0.15, 0.2) is 0 Å². The van der Waals surface area contributed by atoms with E-state index in [9.17, 15) is 9.59 Å². The number of thiazole rings is 1. The standard InChI is InChI=1S/C14H12N2O3S/c1-19-8-12-15-6-9(20-12)7-16-13(17)10-4-2-3-5-11(10)14(16)18/h2-6H,7-8H2,1H3. The molecule has 1 aliphatic rings. The second kappa shape index (κ2) is 5.15. The quantitative estimate of drug-likeness (QED) is 0.808. The molecule has 5 nitrogen and oxygen atoms in total. The van der Waals surface area contributed by atoms with Crippen molar-refractivity contribution in [3.8, 4) is 0 Å². The Kier molecular flexibility index (Phi) is 3.33. The molecule has 0 spiro atoms. The fraction of sp³-hybridized carbons (Fsp3) is 0.214. The Morgan fingerprint density at radius 3 is 2.45 bits per heavy atom. The Bertz CT molecular complexity index is 646. The molecule has 0 radical (unpaired) electrons. The van der Waals surface area contributed by atoms with Crippen LogP contribution in [0.4, 0.5) is 0 Å². The van der Waals surface area contributed by atoms with Gasteiger partial charge in [-0.25, -0.2) is 4.98 Å². The predicted octanol–water partition coefficient (Wildman–Crippen LogP) is 2.09. The molecular formula is C14H12N2O3S. The van der Waals surface area contributed by atoms with Crippen LogP contribution in [0.2, 0.25) is 0 Å². The van der Waals surface area contributed by atoms with Gasteiger partial charge in [-0.15, -0.1) is 11.3 Å². The number of carbonyl (C=O) groups is 2. The van der Waals surface area contributed by atoms with Gasteiger partial charge in [0, 0.05) is 18.2 Å². The Morgan fingerprint density at radius 2 is 1.85 bits per heavy atom. The highest BCUT2D eigenvalue weighted by Crippen LogP contribution is 2.25. The zero-order valence-electron chi connectivity index (χ0n) is 10.8. The summed E-state index contributed by atoms with van der Waals surface area (Å²) < 4.78 is 5.00. The Balaban J connectivity index is 1.82. The molecule has 2 aromatic rings. The van der Waals surface area contributed by atoms with Gasteiger partial charge in [0.05, 0.1) is 24.3 Å². The van der Waals surface area contributed by atoms with Gasteiger partial charge in [0.2, 0.25) is 0 Å². The maximum atomic E-state index is 12.2. The lowest BCUT2D eigenvalue weighted by atomic mass is 10.1. The molecule has 1 aliphatic heterocycles. The van der Waals surface area contributed by atoms with Crippen molar-refractivity contribution in [3.05, 3.63) is 51.5 Å². The van der Waals surface area contributed by atoms with Crippen LogP contribution in [-0.4, -0.2) is 28.8 Å². The molecule has 1 aromatic carbocycles. The van der Waals surface area contributed by atoms with Crippen molar-refractivity contribution < 1.29 is 14.3 Å². The minimum atomic E-state index is -0.243. The van der Waals surface area contributed by atoms with E-state index in [1.807, 2.05) is 0 Å². The average Bonchev–Trinajstić information content (AvgIpc) is 2.99. The highest BCUT2D eigenvalue weighted by atomic mass is 32.1. The number of aromatic nitrogens is 1. The van der Waals surface area contributed by atoms with Gasteiger partial charge < -0.3 is 4.74 Å². The molecule has 2 heterocycles. The molecule has 0 fully saturated rings. The summed E-state index contributed by atoms with van der Waals surface area (Å²) in [6.45, 7) is 0.695.